The largest absolute Gasteiger partial charge is 0.348 e. The SMILES string of the molecule is CCNC1CCCc2nc(N(C)C3CCC(C)CC3)sc21. The molecule has 0 amide bonds. The van der Waals surface area contributed by atoms with Crippen LogP contribution in [0.25, 0.3) is 0 Å². The van der Waals surface area contributed by atoms with E-state index >= 15 is 0 Å². The number of fused-ring (bicyclic) bond motifs is 1. The minimum Gasteiger partial charge on any atom is -0.348 e. The minimum absolute atomic E-state index is 0.546. The van der Waals surface area contributed by atoms with Gasteiger partial charge in [-0.3, -0.25) is 0 Å². The Hall–Kier alpha value is -0.610. The van der Waals surface area contributed by atoms with Crippen molar-refractivity contribution in [1.29, 1.82) is 0 Å². The number of hydrogen-bond donors (Lipinski definition) is 1. The molecule has 2 aliphatic carbocycles. The van der Waals surface area contributed by atoms with Gasteiger partial charge in [-0.2, -0.15) is 0 Å². The van der Waals surface area contributed by atoms with Crippen LogP contribution in [0.5, 0.6) is 0 Å². The van der Waals surface area contributed by atoms with E-state index in [0.29, 0.717) is 12.1 Å². The molecule has 0 spiro atoms. The molecule has 1 N–H and O–H groups in total. The molecule has 1 atom stereocenters. The maximum Gasteiger partial charge on any atom is 0.185 e. The number of rotatable bonds is 4. The number of hydrogen-bond acceptors (Lipinski definition) is 4. The third-order valence-corrected chi connectivity index (χ3v) is 6.53. The van der Waals surface area contributed by atoms with Gasteiger partial charge in [0.1, 0.15) is 0 Å². The van der Waals surface area contributed by atoms with Crippen LogP contribution < -0.4 is 10.2 Å². The molecule has 3 rings (SSSR count). The number of aryl methyl sites for hydroxylation is 1. The number of aromatic nitrogens is 1. The van der Waals surface area contributed by atoms with E-state index in [1.165, 1.54) is 60.6 Å². The molecule has 118 valence electrons. The Morgan fingerprint density at radius 3 is 2.71 bits per heavy atom. The molecule has 1 heterocycles. The van der Waals surface area contributed by atoms with E-state index in [2.05, 4.69) is 31.1 Å². The fraction of sp³-hybridized carbons (Fsp3) is 0.824. The summed E-state index contributed by atoms with van der Waals surface area (Å²) in [7, 11) is 2.26. The quantitative estimate of drug-likeness (QED) is 0.906. The Kier molecular flexibility index (Phi) is 4.85. The molecule has 21 heavy (non-hydrogen) atoms. The summed E-state index contributed by atoms with van der Waals surface area (Å²) < 4.78 is 0. The van der Waals surface area contributed by atoms with Gasteiger partial charge in [0.15, 0.2) is 5.13 Å². The van der Waals surface area contributed by atoms with Crippen LogP contribution in [0.2, 0.25) is 0 Å². The normalized spacial score (nSPS) is 29.2. The van der Waals surface area contributed by atoms with Crippen LogP contribution in [0.3, 0.4) is 0 Å². The number of thiazole rings is 1. The Balaban J connectivity index is 1.74. The van der Waals surface area contributed by atoms with Crippen molar-refractivity contribution in [2.45, 2.75) is 70.9 Å². The van der Waals surface area contributed by atoms with E-state index in [-0.39, 0.29) is 0 Å². The van der Waals surface area contributed by atoms with Crippen molar-refractivity contribution in [1.82, 2.24) is 10.3 Å². The van der Waals surface area contributed by atoms with Crippen molar-refractivity contribution in [3.63, 3.8) is 0 Å². The van der Waals surface area contributed by atoms with E-state index in [1.807, 2.05) is 11.3 Å². The number of nitrogens with one attached hydrogen (secondary N) is 1. The van der Waals surface area contributed by atoms with Crippen LogP contribution in [0.4, 0.5) is 5.13 Å². The molecular formula is C17H29N3S. The summed E-state index contributed by atoms with van der Waals surface area (Å²) in [5, 5.41) is 4.88. The zero-order valence-electron chi connectivity index (χ0n) is 13.7. The van der Waals surface area contributed by atoms with E-state index in [0.717, 1.165) is 12.5 Å². The lowest BCUT2D eigenvalue weighted by atomic mass is 9.87. The Morgan fingerprint density at radius 1 is 1.24 bits per heavy atom. The first-order valence-electron chi connectivity index (χ1n) is 8.64. The van der Waals surface area contributed by atoms with Gasteiger partial charge >= 0.3 is 0 Å². The lowest BCUT2D eigenvalue weighted by molar-refractivity contribution is 0.340. The summed E-state index contributed by atoms with van der Waals surface area (Å²) in [6.07, 6.45) is 9.13. The Bertz CT molecular complexity index is 463. The topological polar surface area (TPSA) is 28.2 Å². The summed E-state index contributed by atoms with van der Waals surface area (Å²) in [5.41, 5.74) is 1.36. The predicted molar refractivity (Wildman–Crippen MR) is 91.3 cm³/mol. The van der Waals surface area contributed by atoms with Crippen molar-refractivity contribution >= 4 is 16.5 Å². The first-order chi connectivity index (χ1) is 10.2. The van der Waals surface area contributed by atoms with E-state index in [9.17, 15) is 0 Å². The van der Waals surface area contributed by atoms with Crippen molar-refractivity contribution in [2.24, 2.45) is 5.92 Å². The molecule has 1 aromatic heterocycles. The predicted octanol–water partition coefficient (Wildman–Crippen LogP) is 4.14. The van der Waals surface area contributed by atoms with Crippen molar-refractivity contribution in [3.8, 4) is 0 Å². The second kappa shape index (κ2) is 6.66. The monoisotopic (exact) mass is 307 g/mol. The van der Waals surface area contributed by atoms with E-state index in [4.69, 9.17) is 4.98 Å². The highest BCUT2D eigenvalue weighted by molar-refractivity contribution is 7.15. The van der Waals surface area contributed by atoms with E-state index in [1.54, 1.807) is 0 Å². The summed E-state index contributed by atoms with van der Waals surface area (Å²) >= 11 is 1.94. The van der Waals surface area contributed by atoms with E-state index < -0.39 is 0 Å². The van der Waals surface area contributed by atoms with Crippen LogP contribution in [-0.4, -0.2) is 24.6 Å². The average molecular weight is 308 g/mol. The van der Waals surface area contributed by atoms with Gasteiger partial charge in [-0.05, 0) is 57.4 Å². The average Bonchev–Trinajstić information content (AvgIpc) is 2.93. The fourth-order valence-corrected chi connectivity index (χ4v) is 5.04. The highest BCUT2D eigenvalue weighted by Crippen LogP contribution is 2.39. The molecule has 4 heteroatoms. The van der Waals surface area contributed by atoms with Gasteiger partial charge in [0.05, 0.1) is 5.69 Å². The molecule has 3 nitrogen and oxygen atoms in total. The highest BCUT2D eigenvalue weighted by Gasteiger charge is 2.28. The minimum atomic E-state index is 0.546. The van der Waals surface area contributed by atoms with Gasteiger partial charge in [-0.1, -0.05) is 25.2 Å². The Morgan fingerprint density at radius 2 is 2.00 bits per heavy atom. The molecule has 0 aromatic carbocycles. The van der Waals surface area contributed by atoms with Crippen LogP contribution >= 0.6 is 11.3 Å². The zero-order chi connectivity index (χ0) is 14.8. The maximum atomic E-state index is 4.98. The van der Waals surface area contributed by atoms with Crippen LogP contribution in [0.1, 0.15) is 69.0 Å². The van der Waals surface area contributed by atoms with Crippen molar-refractivity contribution in [2.75, 3.05) is 18.5 Å². The third-order valence-electron chi connectivity index (χ3n) is 5.22. The first-order valence-corrected chi connectivity index (χ1v) is 9.46. The molecule has 1 aromatic rings. The third kappa shape index (κ3) is 3.26. The van der Waals surface area contributed by atoms with Gasteiger partial charge in [-0.15, -0.1) is 0 Å². The second-order valence-corrected chi connectivity index (χ2v) is 7.84. The second-order valence-electron chi connectivity index (χ2n) is 6.83. The molecule has 2 aliphatic rings. The van der Waals surface area contributed by atoms with Gasteiger partial charge in [0.2, 0.25) is 0 Å². The molecule has 0 radical (unpaired) electrons. The zero-order valence-corrected chi connectivity index (χ0v) is 14.5. The smallest absolute Gasteiger partial charge is 0.185 e. The lowest BCUT2D eigenvalue weighted by Gasteiger charge is -2.33. The van der Waals surface area contributed by atoms with Gasteiger partial charge < -0.3 is 10.2 Å². The van der Waals surface area contributed by atoms with Crippen molar-refractivity contribution in [3.05, 3.63) is 10.6 Å². The van der Waals surface area contributed by atoms with Gasteiger partial charge in [-0.25, -0.2) is 4.98 Å². The number of anilines is 1. The van der Waals surface area contributed by atoms with Crippen molar-refractivity contribution < 1.29 is 0 Å². The Labute approximate surface area is 133 Å². The lowest BCUT2D eigenvalue weighted by Crippen LogP contribution is -2.34. The van der Waals surface area contributed by atoms with Crippen LogP contribution in [0.15, 0.2) is 0 Å². The molecule has 0 aliphatic heterocycles. The standard InChI is InChI=1S/C17H29N3S/c1-4-18-14-6-5-7-15-16(14)21-17(19-15)20(3)13-10-8-12(2)9-11-13/h12-14,18H,4-11H2,1-3H3. The van der Waals surface area contributed by atoms with Crippen LogP contribution in [-0.2, 0) is 6.42 Å². The molecule has 1 saturated carbocycles. The first kappa shape index (κ1) is 15.3. The molecule has 1 unspecified atom stereocenters. The van der Waals surface area contributed by atoms with Gasteiger partial charge in [0, 0.05) is 24.0 Å². The molecule has 1 fully saturated rings. The molecular weight excluding hydrogens is 278 g/mol. The molecule has 0 bridgehead atoms. The summed E-state index contributed by atoms with van der Waals surface area (Å²) in [4.78, 5) is 8.96. The highest BCUT2D eigenvalue weighted by atomic mass is 32.1. The van der Waals surface area contributed by atoms with Crippen LogP contribution in [0, 0.1) is 5.92 Å². The summed E-state index contributed by atoms with van der Waals surface area (Å²) in [6, 6.07) is 1.25. The summed E-state index contributed by atoms with van der Waals surface area (Å²) in [6.45, 7) is 5.64. The maximum absolute atomic E-state index is 4.98. The number of nitrogens with zero attached hydrogens (tertiary/aromatic N) is 2. The fourth-order valence-electron chi connectivity index (χ4n) is 3.78. The summed E-state index contributed by atoms with van der Waals surface area (Å²) in [5.74, 6) is 0.914. The molecule has 0 saturated heterocycles. The van der Waals surface area contributed by atoms with Gasteiger partial charge in [0.25, 0.3) is 0 Å².